The predicted molar refractivity (Wildman–Crippen MR) is 127 cm³/mol. The molecule has 7 heteroatoms. The monoisotopic (exact) mass is 435 g/mol. The second kappa shape index (κ2) is 9.56. The zero-order valence-electron chi connectivity index (χ0n) is 18.3. The van der Waals surface area contributed by atoms with Gasteiger partial charge in [0.25, 0.3) is 0 Å². The zero-order valence-corrected chi connectivity index (χ0v) is 19.2. The molecule has 1 atom stereocenters. The highest BCUT2D eigenvalue weighted by Crippen LogP contribution is 2.31. The molecule has 1 fully saturated rings. The highest BCUT2D eigenvalue weighted by molar-refractivity contribution is 8.00. The molecular formula is C24H29N5OS. The van der Waals surface area contributed by atoms with E-state index in [9.17, 15) is 4.79 Å². The van der Waals surface area contributed by atoms with E-state index in [0.29, 0.717) is 0 Å². The molecule has 162 valence electrons. The van der Waals surface area contributed by atoms with E-state index in [1.807, 2.05) is 57.2 Å². The highest BCUT2D eigenvalue weighted by Gasteiger charge is 2.24. The Bertz CT molecular complexity index is 1040. The molecule has 4 rings (SSSR count). The lowest BCUT2D eigenvalue weighted by molar-refractivity contribution is -0.115. The molecule has 2 aromatic carbocycles. The minimum Gasteiger partial charge on any atom is -0.341 e. The van der Waals surface area contributed by atoms with E-state index in [2.05, 4.69) is 37.1 Å². The smallest absolute Gasteiger partial charge is 0.237 e. The third kappa shape index (κ3) is 4.93. The molecule has 1 saturated heterocycles. The van der Waals surface area contributed by atoms with Crippen molar-refractivity contribution in [3.05, 3.63) is 59.7 Å². The Balaban J connectivity index is 1.58. The van der Waals surface area contributed by atoms with Gasteiger partial charge in [-0.05, 0) is 69.4 Å². The SMILES string of the molecule is Cc1ccc(C)c(NC(=O)C(C)Sc2nnc(N3CCCCC3)n2-c2ccccc2)c1. The van der Waals surface area contributed by atoms with Crippen LogP contribution < -0.4 is 10.2 Å². The van der Waals surface area contributed by atoms with Gasteiger partial charge >= 0.3 is 0 Å². The number of thioether (sulfide) groups is 1. The molecule has 1 N–H and O–H groups in total. The Kier molecular flexibility index (Phi) is 6.61. The van der Waals surface area contributed by atoms with E-state index in [1.54, 1.807) is 0 Å². The number of aromatic nitrogens is 3. The number of amides is 1. The van der Waals surface area contributed by atoms with E-state index >= 15 is 0 Å². The van der Waals surface area contributed by atoms with Crippen LogP contribution in [0.15, 0.2) is 53.7 Å². The van der Waals surface area contributed by atoms with E-state index in [1.165, 1.54) is 31.0 Å². The molecule has 3 aromatic rings. The molecule has 0 spiro atoms. The van der Waals surface area contributed by atoms with E-state index in [-0.39, 0.29) is 11.2 Å². The molecule has 2 heterocycles. The Labute approximate surface area is 188 Å². The lowest BCUT2D eigenvalue weighted by Gasteiger charge is -2.28. The summed E-state index contributed by atoms with van der Waals surface area (Å²) < 4.78 is 2.08. The van der Waals surface area contributed by atoms with Gasteiger partial charge in [-0.25, -0.2) is 0 Å². The van der Waals surface area contributed by atoms with Crippen molar-refractivity contribution >= 4 is 29.3 Å². The Hall–Kier alpha value is -2.80. The van der Waals surface area contributed by atoms with E-state index < -0.39 is 0 Å². The van der Waals surface area contributed by atoms with Gasteiger partial charge in [-0.15, -0.1) is 10.2 Å². The maximum Gasteiger partial charge on any atom is 0.237 e. The molecule has 31 heavy (non-hydrogen) atoms. The predicted octanol–water partition coefficient (Wildman–Crippen LogP) is 4.99. The first kappa shape index (κ1) is 21.4. The van der Waals surface area contributed by atoms with Crippen LogP contribution in [0, 0.1) is 13.8 Å². The molecule has 1 aliphatic rings. The summed E-state index contributed by atoms with van der Waals surface area (Å²) in [6.07, 6.45) is 3.59. The summed E-state index contributed by atoms with van der Waals surface area (Å²) >= 11 is 1.44. The van der Waals surface area contributed by atoms with Crippen molar-refractivity contribution in [1.29, 1.82) is 0 Å². The van der Waals surface area contributed by atoms with Crippen LogP contribution in [-0.2, 0) is 4.79 Å². The Morgan fingerprint density at radius 2 is 1.77 bits per heavy atom. The summed E-state index contributed by atoms with van der Waals surface area (Å²) in [7, 11) is 0. The summed E-state index contributed by atoms with van der Waals surface area (Å²) in [6.45, 7) is 7.91. The normalized spacial score (nSPS) is 15.0. The van der Waals surface area contributed by atoms with Crippen molar-refractivity contribution in [2.75, 3.05) is 23.3 Å². The number of anilines is 2. The van der Waals surface area contributed by atoms with Crippen LogP contribution in [0.5, 0.6) is 0 Å². The van der Waals surface area contributed by atoms with Crippen molar-refractivity contribution in [3.63, 3.8) is 0 Å². The lowest BCUT2D eigenvalue weighted by atomic mass is 10.1. The zero-order chi connectivity index (χ0) is 21.8. The van der Waals surface area contributed by atoms with Crippen LogP contribution in [0.2, 0.25) is 0 Å². The maximum atomic E-state index is 12.9. The largest absolute Gasteiger partial charge is 0.341 e. The molecule has 0 radical (unpaired) electrons. The molecule has 1 amide bonds. The number of nitrogens with one attached hydrogen (secondary N) is 1. The second-order valence-electron chi connectivity index (χ2n) is 8.07. The van der Waals surface area contributed by atoms with E-state index in [0.717, 1.165) is 46.7 Å². The fraction of sp³-hybridized carbons (Fsp3) is 0.375. The van der Waals surface area contributed by atoms with Gasteiger partial charge in [0.15, 0.2) is 5.16 Å². The van der Waals surface area contributed by atoms with Crippen LogP contribution in [0.25, 0.3) is 5.69 Å². The van der Waals surface area contributed by atoms with Crippen molar-refractivity contribution in [3.8, 4) is 5.69 Å². The number of carbonyl (C=O) groups is 1. The maximum absolute atomic E-state index is 12.9. The summed E-state index contributed by atoms with van der Waals surface area (Å²) in [5.41, 5.74) is 4.04. The molecule has 0 bridgehead atoms. The highest BCUT2D eigenvalue weighted by atomic mass is 32.2. The molecule has 1 aromatic heterocycles. The van der Waals surface area contributed by atoms with Gasteiger partial charge in [0.2, 0.25) is 11.9 Å². The molecule has 0 aliphatic carbocycles. The Morgan fingerprint density at radius 1 is 1.03 bits per heavy atom. The number of aryl methyl sites for hydroxylation is 2. The molecule has 1 aliphatic heterocycles. The standard InChI is InChI=1S/C24H29N5OS/c1-17-12-13-18(2)21(16-17)25-22(30)19(3)31-24-27-26-23(28-14-8-5-9-15-28)29(24)20-10-6-4-7-11-20/h4,6-7,10-13,16,19H,5,8-9,14-15H2,1-3H3,(H,25,30). The van der Waals surface area contributed by atoms with Crippen molar-refractivity contribution in [2.45, 2.75) is 50.4 Å². The number of rotatable bonds is 6. The minimum absolute atomic E-state index is 0.0409. The first-order valence-corrected chi connectivity index (χ1v) is 11.7. The average molecular weight is 436 g/mol. The summed E-state index contributed by atoms with van der Waals surface area (Å²) in [4.78, 5) is 15.2. The van der Waals surface area contributed by atoms with Crippen LogP contribution in [-0.4, -0.2) is 39.0 Å². The van der Waals surface area contributed by atoms with Gasteiger partial charge in [-0.3, -0.25) is 9.36 Å². The number of carbonyl (C=O) groups excluding carboxylic acids is 1. The first-order chi connectivity index (χ1) is 15.0. The fourth-order valence-electron chi connectivity index (χ4n) is 3.76. The molecule has 6 nitrogen and oxygen atoms in total. The summed E-state index contributed by atoms with van der Waals surface area (Å²) in [6, 6.07) is 16.2. The molecule has 0 saturated carbocycles. The van der Waals surface area contributed by atoms with Crippen molar-refractivity contribution in [1.82, 2.24) is 14.8 Å². The summed E-state index contributed by atoms with van der Waals surface area (Å²) in [5.74, 6) is 0.816. The van der Waals surface area contributed by atoms with Crippen LogP contribution in [0.4, 0.5) is 11.6 Å². The number of piperidine rings is 1. The third-order valence-electron chi connectivity index (χ3n) is 5.57. The van der Waals surface area contributed by atoms with Crippen LogP contribution in [0.3, 0.4) is 0 Å². The third-order valence-corrected chi connectivity index (χ3v) is 6.61. The van der Waals surface area contributed by atoms with Gasteiger partial charge in [-0.2, -0.15) is 0 Å². The number of para-hydroxylation sites is 1. The second-order valence-corrected chi connectivity index (χ2v) is 9.38. The first-order valence-electron chi connectivity index (χ1n) is 10.8. The fourth-order valence-corrected chi connectivity index (χ4v) is 4.62. The minimum atomic E-state index is -0.319. The number of benzene rings is 2. The van der Waals surface area contributed by atoms with Crippen molar-refractivity contribution in [2.24, 2.45) is 0 Å². The molecule has 1 unspecified atom stereocenters. The van der Waals surface area contributed by atoms with Crippen LogP contribution >= 0.6 is 11.8 Å². The summed E-state index contributed by atoms with van der Waals surface area (Å²) in [5, 5.41) is 12.5. The number of hydrogen-bond donors (Lipinski definition) is 1. The van der Waals surface area contributed by atoms with Gasteiger partial charge < -0.3 is 10.2 Å². The Morgan fingerprint density at radius 3 is 2.52 bits per heavy atom. The van der Waals surface area contributed by atoms with Gasteiger partial charge in [0.1, 0.15) is 0 Å². The topological polar surface area (TPSA) is 63.1 Å². The number of hydrogen-bond acceptors (Lipinski definition) is 5. The van der Waals surface area contributed by atoms with Crippen LogP contribution in [0.1, 0.15) is 37.3 Å². The molecular weight excluding hydrogens is 406 g/mol. The van der Waals surface area contributed by atoms with Gasteiger partial charge in [-0.1, -0.05) is 42.1 Å². The van der Waals surface area contributed by atoms with Crippen molar-refractivity contribution < 1.29 is 4.79 Å². The number of nitrogens with zero attached hydrogens (tertiary/aromatic N) is 4. The lowest BCUT2D eigenvalue weighted by Crippen LogP contribution is -2.31. The van der Waals surface area contributed by atoms with E-state index in [4.69, 9.17) is 0 Å². The van der Waals surface area contributed by atoms with Gasteiger partial charge in [0.05, 0.1) is 10.9 Å². The average Bonchev–Trinajstić information content (AvgIpc) is 3.21. The quantitative estimate of drug-likeness (QED) is 0.553. The van der Waals surface area contributed by atoms with Gasteiger partial charge in [0, 0.05) is 18.8 Å².